The summed E-state index contributed by atoms with van der Waals surface area (Å²) in [6.07, 6.45) is 3.88. The van der Waals surface area contributed by atoms with E-state index in [2.05, 4.69) is 20.6 Å². The second-order valence-electron chi connectivity index (χ2n) is 4.50. The minimum absolute atomic E-state index is 0. The van der Waals surface area contributed by atoms with Gasteiger partial charge in [0.1, 0.15) is 0 Å². The standard InChI is InChI=1S/C12H20N4.ClH/c1-9-7-10(2)16-12(15-9)14-8-11-5-3-4-6-13-11;/h7,11,13H,3-6,8H2,1-2H3,(H,14,15,16);1H. The van der Waals surface area contributed by atoms with E-state index in [0.717, 1.165) is 30.4 Å². The number of hydrogen-bond acceptors (Lipinski definition) is 4. The van der Waals surface area contributed by atoms with Gasteiger partial charge >= 0.3 is 0 Å². The van der Waals surface area contributed by atoms with Gasteiger partial charge in [-0.25, -0.2) is 9.97 Å². The van der Waals surface area contributed by atoms with Crippen LogP contribution in [0, 0.1) is 13.8 Å². The summed E-state index contributed by atoms with van der Waals surface area (Å²) in [6.45, 7) is 6.06. The van der Waals surface area contributed by atoms with Crippen LogP contribution in [0.1, 0.15) is 30.7 Å². The molecule has 2 rings (SSSR count). The summed E-state index contributed by atoms with van der Waals surface area (Å²) in [4.78, 5) is 8.74. The van der Waals surface area contributed by atoms with Crippen molar-refractivity contribution in [3.63, 3.8) is 0 Å². The Labute approximate surface area is 109 Å². The molecule has 4 nitrogen and oxygen atoms in total. The van der Waals surface area contributed by atoms with Gasteiger partial charge in [-0.2, -0.15) is 0 Å². The van der Waals surface area contributed by atoms with Gasteiger partial charge in [0.05, 0.1) is 0 Å². The van der Waals surface area contributed by atoms with Gasteiger partial charge in [-0.15, -0.1) is 12.4 Å². The van der Waals surface area contributed by atoms with Crippen LogP contribution in [0.15, 0.2) is 6.07 Å². The van der Waals surface area contributed by atoms with Crippen LogP contribution in [-0.2, 0) is 0 Å². The Bertz CT molecular complexity index is 330. The lowest BCUT2D eigenvalue weighted by Gasteiger charge is -2.23. The largest absolute Gasteiger partial charge is 0.353 e. The second-order valence-corrected chi connectivity index (χ2v) is 4.50. The molecule has 1 aromatic heterocycles. The topological polar surface area (TPSA) is 49.8 Å². The van der Waals surface area contributed by atoms with Gasteiger partial charge in [-0.3, -0.25) is 0 Å². The maximum absolute atomic E-state index is 4.37. The fraction of sp³-hybridized carbons (Fsp3) is 0.667. The van der Waals surface area contributed by atoms with Crippen LogP contribution in [0.3, 0.4) is 0 Å². The highest BCUT2D eigenvalue weighted by Gasteiger charge is 2.12. The Kier molecular flexibility index (Phi) is 5.65. The molecule has 0 aliphatic carbocycles. The molecule has 1 fully saturated rings. The normalized spacial score (nSPS) is 19.5. The minimum Gasteiger partial charge on any atom is -0.353 e. The molecule has 0 aromatic carbocycles. The molecule has 0 amide bonds. The zero-order valence-corrected chi connectivity index (χ0v) is 11.3. The maximum atomic E-state index is 4.37. The molecule has 17 heavy (non-hydrogen) atoms. The molecule has 0 spiro atoms. The first-order chi connectivity index (χ1) is 7.74. The van der Waals surface area contributed by atoms with Crippen molar-refractivity contribution < 1.29 is 0 Å². The lowest BCUT2D eigenvalue weighted by atomic mass is 10.1. The van der Waals surface area contributed by atoms with E-state index >= 15 is 0 Å². The predicted molar refractivity (Wildman–Crippen MR) is 72.9 cm³/mol. The molecule has 1 aliphatic rings. The maximum Gasteiger partial charge on any atom is 0.223 e. The number of piperidine rings is 1. The fourth-order valence-corrected chi connectivity index (χ4v) is 2.12. The molecule has 5 heteroatoms. The quantitative estimate of drug-likeness (QED) is 0.869. The Morgan fingerprint density at radius 1 is 1.29 bits per heavy atom. The summed E-state index contributed by atoms with van der Waals surface area (Å²) in [7, 11) is 0. The number of aryl methyl sites for hydroxylation is 2. The van der Waals surface area contributed by atoms with Gasteiger partial charge < -0.3 is 10.6 Å². The molecule has 1 aromatic rings. The highest BCUT2D eigenvalue weighted by Crippen LogP contribution is 2.08. The van der Waals surface area contributed by atoms with Crippen molar-refractivity contribution in [2.24, 2.45) is 0 Å². The predicted octanol–water partition coefficient (Wildman–Crippen LogP) is 2.07. The van der Waals surface area contributed by atoms with Crippen LogP contribution in [0.5, 0.6) is 0 Å². The second kappa shape index (κ2) is 6.77. The molecule has 2 N–H and O–H groups in total. The zero-order chi connectivity index (χ0) is 11.4. The number of rotatable bonds is 3. The molecule has 1 unspecified atom stereocenters. The number of nitrogens with zero attached hydrogens (tertiary/aromatic N) is 2. The Morgan fingerprint density at radius 2 is 2.00 bits per heavy atom. The summed E-state index contributed by atoms with van der Waals surface area (Å²) >= 11 is 0. The van der Waals surface area contributed by atoms with E-state index in [0.29, 0.717) is 6.04 Å². The highest BCUT2D eigenvalue weighted by atomic mass is 35.5. The van der Waals surface area contributed by atoms with E-state index < -0.39 is 0 Å². The Hall–Kier alpha value is -0.870. The molecule has 0 saturated carbocycles. The Morgan fingerprint density at radius 3 is 2.59 bits per heavy atom. The number of aromatic nitrogens is 2. The van der Waals surface area contributed by atoms with E-state index in [4.69, 9.17) is 0 Å². The van der Waals surface area contributed by atoms with Crippen LogP contribution in [-0.4, -0.2) is 29.1 Å². The van der Waals surface area contributed by atoms with Crippen molar-refractivity contribution in [1.82, 2.24) is 15.3 Å². The molecular weight excluding hydrogens is 236 g/mol. The van der Waals surface area contributed by atoms with Crippen LogP contribution in [0.25, 0.3) is 0 Å². The van der Waals surface area contributed by atoms with Gasteiger partial charge in [0.2, 0.25) is 5.95 Å². The smallest absolute Gasteiger partial charge is 0.223 e. The first-order valence-electron chi connectivity index (χ1n) is 6.03. The average molecular weight is 257 g/mol. The third kappa shape index (κ3) is 4.48. The summed E-state index contributed by atoms with van der Waals surface area (Å²) < 4.78 is 0. The average Bonchev–Trinajstić information content (AvgIpc) is 2.27. The highest BCUT2D eigenvalue weighted by molar-refractivity contribution is 5.85. The van der Waals surface area contributed by atoms with Gasteiger partial charge in [0.15, 0.2) is 0 Å². The molecule has 1 atom stereocenters. The molecular formula is C12H21ClN4. The molecule has 1 saturated heterocycles. The molecule has 96 valence electrons. The fourth-order valence-electron chi connectivity index (χ4n) is 2.12. The van der Waals surface area contributed by atoms with E-state index in [1.54, 1.807) is 0 Å². The van der Waals surface area contributed by atoms with Crippen molar-refractivity contribution in [2.45, 2.75) is 39.2 Å². The molecule has 2 heterocycles. The first kappa shape index (κ1) is 14.2. The Balaban J connectivity index is 0.00000144. The van der Waals surface area contributed by atoms with Gasteiger partial charge in [0.25, 0.3) is 0 Å². The van der Waals surface area contributed by atoms with Crippen molar-refractivity contribution in [2.75, 3.05) is 18.4 Å². The summed E-state index contributed by atoms with van der Waals surface area (Å²) in [6, 6.07) is 2.56. The van der Waals surface area contributed by atoms with E-state index in [-0.39, 0.29) is 12.4 Å². The number of anilines is 1. The van der Waals surface area contributed by atoms with E-state index in [9.17, 15) is 0 Å². The third-order valence-corrected chi connectivity index (χ3v) is 2.90. The third-order valence-electron chi connectivity index (χ3n) is 2.90. The minimum atomic E-state index is 0. The zero-order valence-electron chi connectivity index (χ0n) is 10.5. The van der Waals surface area contributed by atoms with Crippen LogP contribution < -0.4 is 10.6 Å². The molecule has 0 radical (unpaired) electrons. The lowest BCUT2D eigenvalue weighted by Crippen LogP contribution is -2.39. The number of nitrogens with one attached hydrogen (secondary N) is 2. The monoisotopic (exact) mass is 256 g/mol. The van der Waals surface area contributed by atoms with Crippen LogP contribution in [0.2, 0.25) is 0 Å². The van der Waals surface area contributed by atoms with E-state index in [1.807, 2.05) is 19.9 Å². The number of hydrogen-bond donors (Lipinski definition) is 2. The summed E-state index contributed by atoms with van der Waals surface area (Å²) in [5.74, 6) is 0.755. The summed E-state index contributed by atoms with van der Waals surface area (Å²) in [5.41, 5.74) is 2.04. The van der Waals surface area contributed by atoms with Crippen LogP contribution in [0.4, 0.5) is 5.95 Å². The van der Waals surface area contributed by atoms with Crippen molar-refractivity contribution in [3.8, 4) is 0 Å². The number of halogens is 1. The van der Waals surface area contributed by atoms with Crippen LogP contribution >= 0.6 is 12.4 Å². The van der Waals surface area contributed by atoms with Gasteiger partial charge in [-0.1, -0.05) is 6.42 Å². The first-order valence-corrected chi connectivity index (χ1v) is 6.03. The van der Waals surface area contributed by atoms with Crippen molar-refractivity contribution >= 4 is 18.4 Å². The van der Waals surface area contributed by atoms with Crippen molar-refractivity contribution in [3.05, 3.63) is 17.5 Å². The van der Waals surface area contributed by atoms with Gasteiger partial charge in [-0.05, 0) is 39.3 Å². The van der Waals surface area contributed by atoms with E-state index in [1.165, 1.54) is 19.3 Å². The lowest BCUT2D eigenvalue weighted by molar-refractivity contribution is 0.413. The summed E-state index contributed by atoms with van der Waals surface area (Å²) in [5, 5.41) is 6.81. The molecule has 0 bridgehead atoms. The molecule has 1 aliphatic heterocycles. The van der Waals surface area contributed by atoms with Gasteiger partial charge in [0, 0.05) is 24.0 Å². The SMILES string of the molecule is Cc1cc(C)nc(NCC2CCCCN2)n1.Cl. The van der Waals surface area contributed by atoms with Crippen molar-refractivity contribution in [1.29, 1.82) is 0 Å².